The summed E-state index contributed by atoms with van der Waals surface area (Å²) in [4.78, 5) is 14.8. The minimum atomic E-state index is -2.13. The van der Waals surface area contributed by atoms with E-state index in [1.165, 1.54) is 39.2 Å². The van der Waals surface area contributed by atoms with Crippen LogP contribution < -0.4 is 0 Å². The largest absolute Gasteiger partial charge is 0.467 e. The van der Waals surface area contributed by atoms with Crippen molar-refractivity contribution in [3.63, 3.8) is 0 Å². The molecule has 1 fully saturated rings. The fourth-order valence-electron chi connectivity index (χ4n) is 3.21. The maximum absolute atomic E-state index is 12.0. The summed E-state index contributed by atoms with van der Waals surface area (Å²) in [6.07, 6.45) is 6.63. The Labute approximate surface area is 128 Å². The Morgan fingerprint density at radius 2 is 2.00 bits per heavy atom. The third-order valence-electron chi connectivity index (χ3n) is 4.14. The molecule has 1 unspecified atom stereocenters. The quantitative estimate of drug-likeness (QED) is 0.230. The second-order valence-corrected chi connectivity index (χ2v) is 10.5. The molecule has 0 heterocycles. The molecule has 0 aromatic carbocycles. The predicted molar refractivity (Wildman–Crippen MR) is 84.1 cm³/mol. The van der Waals surface area contributed by atoms with Gasteiger partial charge in [-0.1, -0.05) is 39.0 Å². The molecule has 0 saturated heterocycles. The van der Waals surface area contributed by atoms with Crippen LogP contribution in [-0.2, 0) is 14.0 Å². The van der Waals surface area contributed by atoms with Crippen molar-refractivity contribution in [3.05, 3.63) is 10.4 Å². The summed E-state index contributed by atoms with van der Waals surface area (Å²) in [5.41, 5.74) is 7.28. The molecule has 0 radical (unpaired) electrons. The van der Waals surface area contributed by atoms with E-state index in [1.54, 1.807) is 6.92 Å². The summed E-state index contributed by atoms with van der Waals surface area (Å²) < 4.78 is 10.9. The van der Waals surface area contributed by atoms with E-state index in [1.807, 2.05) is 0 Å². The highest BCUT2D eigenvalue weighted by atomic mass is 28.4. The van der Waals surface area contributed by atoms with Crippen LogP contribution in [0.3, 0.4) is 0 Å². The lowest BCUT2D eigenvalue weighted by molar-refractivity contribution is -0.160. The number of methoxy groups -OCH3 is 1. The number of rotatable bonds is 7. The number of esters is 1. The van der Waals surface area contributed by atoms with Gasteiger partial charge in [0.15, 0.2) is 8.32 Å². The molecule has 0 aromatic heterocycles. The van der Waals surface area contributed by atoms with Gasteiger partial charge in [0.05, 0.1) is 7.11 Å². The van der Waals surface area contributed by atoms with Crippen molar-refractivity contribution in [2.45, 2.75) is 70.3 Å². The monoisotopic (exact) mass is 313 g/mol. The molecular formula is C14H27N3O3Si. The van der Waals surface area contributed by atoms with Crippen LogP contribution in [0.5, 0.6) is 0 Å². The zero-order valence-electron chi connectivity index (χ0n) is 13.6. The molecule has 0 aliphatic heterocycles. The van der Waals surface area contributed by atoms with Gasteiger partial charge in [0.25, 0.3) is 0 Å². The van der Waals surface area contributed by atoms with Gasteiger partial charge in [-0.3, -0.25) is 0 Å². The van der Waals surface area contributed by atoms with E-state index in [2.05, 4.69) is 23.1 Å². The number of carbonyl (C=O) groups excluding carboxylic acids is 1. The van der Waals surface area contributed by atoms with Crippen molar-refractivity contribution in [2.24, 2.45) is 11.0 Å². The predicted octanol–water partition coefficient (Wildman–Crippen LogP) is 4.38. The van der Waals surface area contributed by atoms with Crippen LogP contribution >= 0.6 is 0 Å². The topological polar surface area (TPSA) is 84.3 Å². The van der Waals surface area contributed by atoms with Gasteiger partial charge < -0.3 is 9.16 Å². The Hall–Kier alpha value is -1.04. The second kappa shape index (κ2) is 7.82. The normalized spacial score (nSPS) is 19.4. The van der Waals surface area contributed by atoms with E-state index in [0.29, 0.717) is 5.92 Å². The van der Waals surface area contributed by atoms with Crippen molar-refractivity contribution in [1.29, 1.82) is 0 Å². The molecule has 120 valence electrons. The first-order valence-electron chi connectivity index (χ1n) is 7.74. The molecule has 1 aliphatic carbocycles. The molecule has 1 atom stereocenters. The molecule has 6 nitrogen and oxygen atoms in total. The van der Waals surface area contributed by atoms with E-state index in [-0.39, 0.29) is 6.42 Å². The lowest BCUT2D eigenvalue weighted by Gasteiger charge is -2.36. The number of hydrogen-bond donors (Lipinski definition) is 0. The SMILES string of the molecule is CCC(N=[N+]=[N-])(O[Si](C)(C)CC1CCCCC1)C(=O)OC. The second-order valence-electron chi connectivity index (χ2n) is 6.39. The van der Waals surface area contributed by atoms with E-state index in [4.69, 9.17) is 14.7 Å². The Morgan fingerprint density at radius 1 is 1.38 bits per heavy atom. The fourth-order valence-corrected chi connectivity index (χ4v) is 6.27. The van der Waals surface area contributed by atoms with Gasteiger partial charge in [0, 0.05) is 4.91 Å². The fraction of sp³-hybridized carbons (Fsp3) is 0.929. The van der Waals surface area contributed by atoms with Gasteiger partial charge in [-0.25, -0.2) is 4.79 Å². The van der Waals surface area contributed by atoms with Crippen LogP contribution in [0.25, 0.3) is 10.4 Å². The summed E-state index contributed by atoms with van der Waals surface area (Å²) in [6, 6.07) is 0.993. The van der Waals surface area contributed by atoms with Gasteiger partial charge in [-0.2, -0.15) is 0 Å². The standard InChI is InChI=1S/C14H27N3O3Si/c1-5-14(16-17-15,13(18)19-2)20-21(3,4)11-12-9-7-6-8-10-12/h12H,5-11H2,1-4H3. The van der Waals surface area contributed by atoms with E-state index >= 15 is 0 Å². The van der Waals surface area contributed by atoms with Gasteiger partial charge in [-0.05, 0) is 42.1 Å². The third-order valence-corrected chi connectivity index (χ3v) is 6.59. The Bertz CT molecular complexity index is 404. The van der Waals surface area contributed by atoms with Gasteiger partial charge in [0.2, 0.25) is 5.72 Å². The van der Waals surface area contributed by atoms with Crippen molar-refractivity contribution in [2.75, 3.05) is 7.11 Å². The van der Waals surface area contributed by atoms with Crippen molar-refractivity contribution >= 4 is 14.3 Å². The lowest BCUT2D eigenvalue weighted by atomic mass is 9.91. The lowest BCUT2D eigenvalue weighted by Crippen LogP contribution is -2.49. The average molecular weight is 313 g/mol. The highest BCUT2D eigenvalue weighted by molar-refractivity contribution is 6.71. The van der Waals surface area contributed by atoms with E-state index in [0.717, 1.165) is 6.04 Å². The van der Waals surface area contributed by atoms with Gasteiger partial charge in [-0.15, -0.1) is 0 Å². The van der Waals surface area contributed by atoms with Crippen LogP contribution in [-0.4, -0.2) is 27.1 Å². The van der Waals surface area contributed by atoms with Crippen LogP contribution in [0.2, 0.25) is 19.1 Å². The highest BCUT2D eigenvalue weighted by Crippen LogP contribution is 2.34. The van der Waals surface area contributed by atoms with Crippen molar-refractivity contribution in [3.8, 4) is 0 Å². The molecule has 21 heavy (non-hydrogen) atoms. The molecule has 0 bridgehead atoms. The molecule has 1 aliphatic rings. The third kappa shape index (κ3) is 5.02. The van der Waals surface area contributed by atoms with Gasteiger partial charge >= 0.3 is 5.97 Å². The smallest absolute Gasteiger partial charge is 0.343 e. The first-order valence-corrected chi connectivity index (χ1v) is 10.9. The van der Waals surface area contributed by atoms with Crippen LogP contribution in [0.15, 0.2) is 5.11 Å². The molecule has 0 N–H and O–H groups in total. The number of azide groups is 1. The number of hydrogen-bond acceptors (Lipinski definition) is 4. The zero-order valence-corrected chi connectivity index (χ0v) is 14.6. The van der Waals surface area contributed by atoms with E-state index < -0.39 is 20.0 Å². The Morgan fingerprint density at radius 3 is 2.48 bits per heavy atom. The first kappa shape index (κ1) is 18.0. The van der Waals surface area contributed by atoms with Crippen LogP contribution in [0, 0.1) is 5.92 Å². The van der Waals surface area contributed by atoms with E-state index in [9.17, 15) is 4.79 Å². The molecular weight excluding hydrogens is 286 g/mol. The maximum Gasteiger partial charge on any atom is 0.343 e. The van der Waals surface area contributed by atoms with Crippen molar-refractivity contribution in [1.82, 2.24) is 0 Å². The first-order chi connectivity index (χ1) is 9.89. The Kier molecular flexibility index (Phi) is 6.71. The summed E-state index contributed by atoms with van der Waals surface area (Å²) in [5, 5.41) is 3.64. The van der Waals surface area contributed by atoms with Gasteiger partial charge in [0.1, 0.15) is 0 Å². The molecule has 1 saturated carbocycles. The molecule has 0 spiro atoms. The van der Waals surface area contributed by atoms with Crippen LogP contribution in [0.4, 0.5) is 0 Å². The summed E-state index contributed by atoms with van der Waals surface area (Å²) in [6.45, 7) is 5.94. The number of nitrogens with zero attached hydrogens (tertiary/aromatic N) is 3. The maximum atomic E-state index is 12.0. The molecule has 7 heteroatoms. The minimum Gasteiger partial charge on any atom is -0.467 e. The average Bonchev–Trinajstić information content (AvgIpc) is 2.46. The molecule has 0 aromatic rings. The number of carbonyl (C=O) groups is 1. The van der Waals surface area contributed by atoms with Crippen LogP contribution in [0.1, 0.15) is 45.4 Å². The highest BCUT2D eigenvalue weighted by Gasteiger charge is 2.44. The number of ether oxygens (including phenoxy) is 1. The van der Waals surface area contributed by atoms with Crippen molar-refractivity contribution < 1.29 is 14.0 Å². The Balaban J connectivity index is 2.84. The zero-order chi connectivity index (χ0) is 15.9. The molecule has 1 rings (SSSR count). The summed E-state index contributed by atoms with van der Waals surface area (Å²) in [7, 11) is -0.839. The summed E-state index contributed by atoms with van der Waals surface area (Å²) >= 11 is 0. The summed E-state index contributed by atoms with van der Waals surface area (Å²) in [5.74, 6) is 0.0608. The minimum absolute atomic E-state index is 0.283. The molecule has 0 amide bonds.